The van der Waals surface area contributed by atoms with Gasteiger partial charge in [0.05, 0.1) is 11.5 Å². The molecule has 0 aromatic heterocycles. The molecule has 2 amide bonds. The van der Waals surface area contributed by atoms with Gasteiger partial charge in [-0.1, -0.05) is 30.3 Å². The van der Waals surface area contributed by atoms with Crippen LogP contribution in [0.25, 0.3) is 11.1 Å². The predicted octanol–water partition coefficient (Wildman–Crippen LogP) is 0.630. The van der Waals surface area contributed by atoms with Crippen molar-refractivity contribution in [3.05, 3.63) is 53.1 Å². The van der Waals surface area contributed by atoms with Crippen molar-refractivity contribution in [2.75, 3.05) is 0 Å². The molecule has 2 fully saturated rings. The third-order valence-electron chi connectivity index (χ3n) is 8.09. The number of ketones is 4. The summed E-state index contributed by atoms with van der Waals surface area (Å²) in [5.74, 6) is -11.0. The van der Waals surface area contributed by atoms with Crippen LogP contribution in [0.5, 0.6) is 5.75 Å². The minimum atomic E-state index is -2.70. The van der Waals surface area contributed by atoms with E-state index in [0.717, 1.165) is 5.56 Å². The lowest BCUT2D eigenvalue weighted by atomic mass is 9.53. The van der Waals surface area contributed by atoms with Crippen LogP contribution in [-0.4, -0.2) is 50.8 Å². The highest BCUT2D eigenvalue weighted by molar-refractivity contribution is 6.31. The number of hydrogen-bond donors (Lipinski definition) is 4. The summed E-state index contributed by atoms with van der Waals surface area (Å²) in [6, 6.07) is 10.8. The average Bonchev–Trinajstić information content (AvgIpc) is 2.86. The fraction of sp³-hybridized carbons (Fsp3) is 0.357. The Morgan fingerprint density at radius 1 is 1.08 bits per heavy atom. The Bertz CT molecular complexity index is 1430. The Morgan fingerprint density at radius 2 is 1.76 bits per heavy atom. The van der Waals surface area contributed by atoms with Gasteiger partial charge in [-0.25, -0.2) is 0 Å². The molecule has 196 valence electrons. The molecule has 10 heteroatoms. The van der Waals surface area contributed by atoms with E-state index in [9.17, 15) is 39.0 Å². The number of nitrogens with one attached hydrogen (secondary N) is 1. The Labute approximate surface area is 217 Å². The lowest BCUT2D eigenvalue weighted by Crippen LogP contribution is -2.68. The molecule has 5 rings (SSSR count). The van der Waals surface area contributed by atoms with E-state index in [-0.39, 0.29) is 42.2 Å². The van der Waals surface area contributed by atoms with E-state index in [2.05, 4.69) is 5.32 Å². The number of benzene rings is 2. The number of fused-ring (bicyclic) bond motifs is 3. The zero-order valence-corrected chi connectivity index (χ0v) is 20.5. The van der Waals surface area contributed by atoms with Crippen LogP contribution in [0.4, 0.5) is 0 Å². The molecule has 5 N–H and O–H groups in total. The van der Waals surface area contributed by atoms with Crippen molar-refractivity contribution in [3.63, 3.8) is 0 Å². The molecular formula is C28H26N2O8. The molecule has 2 unspecified atom stereocenters. The summed E-state index contributed by atoms with van der Waals surface area (Å²) in [4.78, 5) is 76.6. The number of nitrogens with two attached hydrogens (primary N) is 1. The van der Waals surface area contributed by atoms with Crippen molar-refractivity contribution in [1.29, 1.82) is 0 Å². The van der Waals surface area contributed by atoms with E-state index in [1.807, 2.05) is 30.3 Å². The average molecular weight is 519 g/mol. The SMILES string of the molecule is CC(=O)NCc1cc(-c2ccccc2)c2c(c1O)C(=O)C1C(=O)[C@]3(O)C(=O)C(C(N)=O)C(=O)C[C@@H]3C[C@@H]1C2. The third-order valence-corrected chi connectivity index (χ3v) is 8.09. The molecule has 38 heavy (non-hydrogen) atoms. The fourth-order valence-corrected chi connectivity index (χ4v) is 6.32. The second-order valence-corrected chi connectivity index (χ2v) is 10.3. The van der Waals surface area contributed by atoms with Crippen molar-refractivity contribution in [1.82, 2.24) is 5.32 Å². The molecule has 0 bridgehead atoms. The largest absolute Gasteiger partial charge is 0.507 e. The lowest BCUT2D eigenvalue weighted by molar-refractivity contribution is -0.175. The first kappa shape index (κ1) is 25.5. The van der Waals surface area contributed by atoms with Gasteiger partial charge in [0.2, 0.25) is 11.8 Å². The Morgan fingerprint density at radius 3 is 2.39 bits per heavy atom. The van der Waals surface area contributed by atoms with Crippen LogP contribution in [0, 0.1) is 23.7 Å². The van der Waals surface area contributed by atoms with Crippen LogP contribution in [0.15, 0.2) is 36.4 Å². The number of phenols is 1. The highest BCUT2D eigenvalue weighted by atomic mass is 16.3. The number of aliphatic hydroxyl groups is 1. The van der Waals surface area contributed by atoms with Crippen molar-refractivity contribution in [2.45, 2.75) is 38.3 Å². The highest BCUT2D eigenvalue weighted by Crippen LogP contribution is 2.51. The number of amides is 2. The molecule has 0 aliphatic heterocycles. The molecule has 2 aromatic rings. The summed E-state index contributed by atoms with van der Waals surface area (Å²) < 4.78 is 0. The number of carbonyl (C=O) groups excluding carboxylic acids is 6. The van der Waals surface area contributed by atoms with Crippen LogP contribution in [0.3, 0.4) is 0 Å². The summed E-state index contributed by atoms with van der Waals surface area (Å²) in [6.07, 6.45) is -0.203. The van der Waals surface area contributed by atoms with E-state index in [1.165, 1.54) is 6.92 Å². The maximum absolute atomic E-state index is 13.9. The second kappa shape index (κ2) is 8.98. The molecule has 0 spiro atoms. The van der Waals surface area contributed by atoms with Crippen LogP contribution >= 0.6 is 0 Å². The van der Waals surface area contributed by atoms with Gasteiger partial charge in [-0.05, 0) is 41.5 Å². The summed E-state index contributed by atoms with van der Waals surface area (Å²) in [5.41, 5.74) is 4.58. The van der Waals surface area contributed by atoms with Gasteiger partial charge in [0, 0.05) is 31.4 Å². The molecule has 2 aromatic carbocycles. The van der Waals surface area contributed by atoms with Gasteiger partial charge < -0.3 is 21.3 Å². The summed E-state index contributed by atoms with van der Waals surface area (Å²) in [6.45, 7) is 1.24. The topological polar surface area (TPSA) is 181 Å². The molecule has 3 aliphatic carbocycles. The van der Waals surface area contributed by atoms with Crippen LogP contribution in [0.2, 0.25) is 0 Å². The number of phenolic OH excluding ortho intramolecular Hbond substituents is 1. The van der Waals surface area contributed by atoms with Crippen LogP contribution in [0.1, 0.15) is 41.3 Å². The molecule has 10 nitrogen and oxygen atoms in total. The van der Waals surface area contributed by atoms with Gasteiger partial charge in [-0.3, -0.25) is 28.8 Å². The van der Waals surface area contributed by atoms with E-state index in [0.29, 0.717) is 11.1 Å². The van der Waals surface area contributed by atoms with Crippen LogP contribution < -0.4 is 11.1 Å². The number of primary amides is 1. The van der Waals surface area contributed by atoms with Gasteiger partial charge in [0.1, 0.15) is 5.75 Å². The highest BCUT2D eigenvalue weighted by Gasteiger charge is 2.66. The summed E-state index contributed by atoms with van der Waals surface area (Å²) in [7, 11) is 0. The Balaban J connectivity index is 1.65. The standard InChI is InChI=1S/C28H26N2O8/c1-12(31)30-11-15-9-17(13-5-3-2-4-6-13)18-8-14-7-16-10-19(32)22(27(29)37)26(36)28(16,38)25(35)20(14)24(34)21(18)23(15)33/h2-6,9,14,16,20,22,33,38H,7-8,10-11H2,1H3,(H2,29,37)(H,30,31)/t14-,16+,20?,22?,28+/m1/s1. The van der Waals surface area contributed by atoms with Gasteiger partial charge in [0.15, 0.2) is 34.7 Å². The Hall–Kier alpha value is -4.18. The molecule has 0 saturated heterocycles. The lowest BCUT2D eigenvalue weighted by Gasteiger charge is -2.48. The molecule has 2 saturated carbocycles. The van der Waals surface area contributed by atoms with Gasteiger partial charge in [-0.2, -0.15) is 0 Å². The number of rotatable bonds is 4. The molecule has 0 radical (unpaired) electrons. The van der Waals surface area contributed by atoms with E-state index < -0.39 is 64.7 Å². The minimum Gasteiger partial charge on any atom is -0.507 e. The van der Waals surface area contributed by atoms with E-state index in [1.54, 1.807) is 6.07 Å². The van der Waals surface area contributed by atoms with Gasteiger partial charge in [-0.15, -0.1) is 0 Å². The number of hydrogen-bond acceptors (Lipinski definition) is 8. The summed E-state index contributed by atoms with van der Waals surface area (Å²) in [5, 5.41) is 25.1. The van der Waals surface area contributed by atoms with Crippen molar-refractivity contribution in [3.8, 4) is 16.9 Å². The second-order valence-electron chi connectivity index (χ2n) is 10.3. The van der Waals surface area contributed by atoms with Gasteiger partial charge in [0.25, 0.3) is 0 Å². The van der Waals surface area contributed by atoms with Crippen molar-refractivity contribution < 1.29 is 39.0 Å². The number of Topliss-reactive ketones (excluding diaryl/α,β-unsaturated/α-hetero) is 4. The summed E-state index contributed by atoms with van der Waals surface area (Å²) >= 11 is 0. The smallest absolute Gasteiger partial charge is 0.235 e. The zero-order chi connectivity index (χ0) is 27.5. The molecule has 0 heterocycles. The van der Waals surface area contributed by atoms with E-state index >= 15 is 0 Å². The number of carbonyl (C=O) groups is 6. The first-order valence-electron chi connectivity index (χ1n) is 12.3. The first-order chi connectivity index (χ1) is 18.0. The molecular weight excluding hydrogens is 492 g/mol. The van der Waals surface area contributed by atoms with Crippen molar-refractivity contribution in [2.24, 2.45) is 29.4 Å². The van der Waals surface area contributed by atoms with Gasteiger partial charge >= 0.3 is 0 Å². The monoisotopic (exact) mass is 518 g/mol. The Kier molecular flexibility index (Phi) is 6.02. The quantitative estimate of drug-likeness (QED) is 0.425. The fourth-order valence-electron chi connectivity index (χ4n) is 6.32. The van der Waals surface area contributed by atoms with E-state index in [4.69, 9.17) is 5.73 Å². The first-order valence-corrected chi connectivity index (χ1v) is 12.3. The maximum Gasteiger partial charge on any atom is 0.235 e. The predicted molar refractivity (Wildman–Crippen MR) is 131 cm³/mol. The number of aromatic hydroxyl groups is 1. The molecule has 3 aliphatic rings. The zero-order valence-electron chi connectivity index (χ0n) is 20.5. The molecule has 5 atom stereocenters. The van der Waals surface area contributed by atoms with Crippen molar-refractivity contribution >= 4 is 34.9 Å². The normalized spacial score (nSPS) is 28.3. The maximum atomic E-state index is 13.9. The minimum absolute atomic E-state index is 0.0175. The third kappa shape index (κ3) is 3.66. The van der Waals surface area contributed by atoms with Crippen LogP contribution in [-0.2, 0) is 36.9 Å².